The van der Waals surface area contributed by atoms with E-state index in [2.05, 4.69) is 24.1 Å². The van der Waals surface area contributed by atoms with Crippen molar-refractivity contribution in [1.82, 2.24) is 19.6 Å². The summed E-state index contributed by atoms with van der Waals surface area (Å²) >= 11 is 0. The molecule has 0 saturated carbocycles. The maximum atomic E-state index is 12.3. The van der Waals surface area contributed by atoms with E-state index in [9.17, 15) is 4.79 Å². The van der Waals surface area contributed by atoms with Gasteiger partial charge in [-0.1, -0.05) is 0 Å². The van der Waals surface area contributed by atoms with Crippen molar-refractivity contribution in [3.8, 4) is 0 Å². The molecule has 2 rings (SSSR count). The van der Waals surface area contributed by atoms with Gasteiger partial charge in [-0.3, -0.25) is 9.48 Å². The van der Waals surface area contributed by atoms with Crippen LogP contribution >= 0.6 is 0 Å². The lowest BCUT2D eigenvalue weighted by atomic mass is 10.0. The maximum Gasteiger partial charge on any atom is 0.244 e. The van der Waals surface area contributed by atoms with Gasteiger partial charge >= 0.3 is 0 Å². The van der Waals surface area contributed by atoms with Crippen LogP contribution in [0.3, 0.4) is 0 Å². The zero-order chi connectivity index (χ0) is 14.0. The lowest BCUT2D eigenvalue weighted by Crippen LogP contribution is -2.47. The minimum absolute atomic E-state index is 0.00482. The third-order valence-electron chi connectivity index (χ3n) is 3.86. The Balaban J connectivity index is 1.94. The highest BCUT2D eigenvalue weighted by Crippen LogP contribution is 2.18. The van der Waals surface area contributed by atoms with Gasteiger partial charge < -0.3 is 15.5 Å². The highest BCUT2D eigenvalue weighted by molar-refractivity contribution is 5.83. The van der Waals surface area contributed by atoms with Gasteiger partial charge in [0.1, 0.15) is 6.04 Å². The van der Waals surface area contributed by atoms with Crippen molar-refractivity contribution in [2.45, 2.75) is 24.9 Å². The Morgan fingerprint density at radius 3 is 2.58 bits per heavy atom. The summed E-state index contributed by atoms with van der Waals surface area (Å²) in [4.78, 5) is 16.4. The van der Waals surface area contributed by atoms with E-state index in [0.29, 0.717) is 6.04 Å². The molecule has 0 radical (unpaired) electrons. The van der Waals surface area contributed by atoms with Crippen LogP contribution in [0.25, 0.3) is 0 Å². The number of piperidine rings is 1. The van der Waals surface area contributed by atoms with E-state index < -0.39 is 6.04 Å². The summed E-state index contributed by atoms with van der Waals surface area (Å²) in [6.45, 7) is 1.57. The molecule has 1 aromatic heterocycles. The average molecular weight is 265 g/mol. The fourth-order valence-electron chi connectivity index (χ4n) is 2.54. The summed E-state index contributed by atoms with van der Waals surface area (Å²) in [5, 5.41) is 4.06. The van der Waals surface area contributed by atoms with Crippen LogP contribution < -0.4 is 5.73 Å². The molecule has 1 saturated heterocycles. The van der Waals surface area contributed by atoms with Crippen LogP contribution in [0.2, 0.25) is 0 Å². The number of aryl methyl sites for hydroxylation is 1. The van der Waals surface area contributed by atoms with Crippen LogP contribution in [-0.4, -0.2) is 58.7 Å². The topological polar surface area (TPSA) is 67.4 Å². The monoisotopic (exact) mass is 265 g/mol. The van der Waals surface area contributed by atoms with E-state index in [1.807, 2.05) is 11.9 Å². The Labute approximate surface area is 114 Å². The summed E-state index contributed by atoms with van der Waals surface area (Å²) in [5.41, 5.74) is 6.80. The first-order valence-electron chi connectivity index (χ1n) is 6.68. The van der Waals surface area contributed by atoms with E-state index in [4.69, 9.17) is 5.73 Å². The van der Waals surface area contributed by atoms with E-state index in [1.54, 1.807) is 17.1 Å². The first-order valence-corrected chi connectivity index (χ1v) is 6.68. The minimum atomic E-state index is -0.593. The van der Waals surface area contributed by atoms with Crippen LogP contribution in [0.4, 0.5) is 0 Å². The number of amides is 1. The third-order valence-corrected chi connectivity index (χ3v) is 3.86. The number of carbonyl (C=O) groups excluding carboxylic acids is 1. The van der Waals surface area contributed by atoms with E-state index in [0.717, 1.165) is 31.5 Å². The number of aromatic nitrogens is 2. The van der Waals surface area contributed by atoms with Crippen LogP contribution in [0.5, 0.6) is 0 Å². The van der Waals surface area contributed by atoms with E-state index >= 15 is 0 Å². The lowest BCUT2D eigenvalue weighted by molar-refractivity contribution is -0.134. The maximum absolute atomic E-state index is 12.3. The van der Waals surface area contributed by atoms with Gasteiger partial charge in [-0.2, -0.15) is 5.10 Å². The number of hydrogen-bond donors (Lipinski definition) is 1. The second-order valence-electron chi connectivity index (χ2n) is 5.45. The molecule has 0 bridgehead atoms. The molecule has 2 N–H and O–H groups in total. The van der Waals surface area contributed by atoms with Crippen molar-refractivity contribution in [3.05, 3.63) is 18.0 Å². The zero-order valence-electron chi connectivity index (χ0n) is 11.9. The number of rotatable bonds is 3. The van der Waals surface area contributed by atoms with Crippen molar-refractivity contribution in [3.63, 3.8) is 0 Å². The van der Waals surface area contributed by atoms with Gasteiger partial charge in [-0.25, -0.2) is 0 Å². The molecule has 0 spiro atoms. The van der Waals surface area contributed by atoms with Gasteiger partial charge in [0.05, 0.1) is 6.20 Å². The molecular weight excluding hydrogens is 242 g/mol. The second-order valence-corrected chi connectivity index (χ2v) is 5.45. The van der Waals surface area contributed by atoms with Gasteiger partial charge in [0, 0.05) is 37.9 Å². The first kappa shape index (κ1) is 14.0. The SMILES string of the molecule is CN(C)C1CCN(C(=O)C(N)c2cnn(C)c2)CC1. The predicted octanol–water partition coefficient (Wildman–Crippen LogP) is -0.0275. The fraction of sp³-hybridized carbons (Fsp3) is 0.692. The van der Waals surface area contributed by atoms with Gasteiger partial charge in [-0.05, 0) is 26.9 Å². The summed E-state index contributed by atoms with van der Waals surface area (Å²) in [6, 6.07) is -0.0247. The summed E-state index contributed by atoms with van der Waals surface area (Å²) in [7, 11) is 6.00. The average Bonchev–Trinajstić information content (AvgIpc) is 2.84. The van der Waals surface area contributed by atoms with Gasteiger partial charge in [0.25, 0.3) is 0 Å². The standard InChI is InChI=1S/C13H23N5O/c1-16(2)11-4-6-18(7-5-11)13(19)12(14)10-8-15-17(3)9-10/h8-9,11-12H,4-7,14H2,1-3H3. The Bertz CT molecular complexity index is 434. The van der Waals surface area contributed by atoms with Crippen molar-refractivity contribution in [1.29, 1.82) is 0 Å². The molecular formula is C13H23N5O. The van der Waals surface area contributed by atoms with Crippen molar-refractivity contribution < 1.29 is 4.79 Å². The predicted molar refractivity (Wildman–Crippen MR) is 73.4 cm³/mol. The molecule has 1 fully saturated rings. The Morgan fingerprint density at radius 1 is 1.47 bits per heavy atom. The summed E-state index contributed by atoms with van der Waals surface area (Å²) in [6.07, 6.45) is 5.49. The van der Waals surface area contributed by atoms with Crippen LogP contribution in [0.1, 0.15) is 24.4 Å². The molecule has 1 aromatic rings. The Morgan fingerprint density at radius 2 is 2.11 bits per heavy atom. The molecule has 1 aliphatic heterocycles. The summed E-state index contributed by atoms with van der Waals surface area (Å²) in [5.74, 6) is 0.00482. The quantitative estimate of drug-likeness (QED) is 0.833. The molecule has 6 heteroatoms. The molecule has 0 aliphatic carbocycles. The molecule has 0 aromatic carbocycles. The fourth-order valence-corrected chi connectivity index (χ4v) is 2.54. The number of nitrogens with zero attached hydrogens (tertiary/aromatic N) is 4. The van der Waals surface area contributed by atoms with Crippen LogP contribution in [0.15, 0.2) is 12.4 Å². The molecule has 6 nitrogen and oxygen atoms in total. The minimum Gasteiger partial charge on any atom is -0.341 e. The lowest BCUT2D eigenvalue weighted by Gasteiger charge is -2.36. The third kappa shape index (κ3) is 3.13. The van der Waals surface area contributed by atoms with Crippen molar-refractivity contribution in [2.75, 3.05) is 27.2 Å². The number of carbonyl (C=O) groups is 1. The van der Waals surface area contributed by atoms with E-state index in [-0.39, 0.29) is 5.91 Å². The van der Waals surface area contributed by atoms with Gasteiger partial charge in [0.15, 0.2) is 0 Å². The second kappa shape index (κ2) is 5.71. The Kier molecular flexibility index (Phi) is 4.21. The first-order chi connectivity index (χ1) is 8.99. The molecule has 1 aliphatic rings. The molecule has 1 atom stereocenters. The molecule has 2 heterocycles. The molecule has 19 heavy (non-hydrogen) atoms. The van der Waals surface area contributed by atoms with Gasteiger partial charge in [0.2, 0.25) is 5.91 Å². The largest absolute Gasteiger partial charge is 0.341 e. The van der Waals surface area contributed by atoms with Crippen molar-refractivity contribution in [2.24, 2.45) is 12.8 Å². The smallest absolute Gasteiger partial charge is 0.244 e. The van der Waals surface area contributed by atoms with Crippen molar-refractivity contribution >= 4 is 5.91 Å². The Hall–Kier alpha value is -1.40. The number of hydrogen-bond acceptors (Lipinski definition) is 4. The van der Waals surface area contributed by atoms with E-state index in [1.165, 1.54) is 0 Å². The molecule has 1 unspecified atom stereocenters. The number of nitrogens with two attached hydrogens (primary N) is 1. The highest BCUT2D eigenvalue weighted by Gasteiger charge is 2.28. The molecule has 1 amide bonds. The van der Waals surface area contributed by atoms with Gasteiger partial charge in [-0.15, -0.1) is 0 Å². The number of likely N-dealkylation sites (tertiary alicyclic amines) is 1. The highest BCUT2D eigenvalue weighted by atomic mass is 16.2. The summed E-state index contributed by atoms with van der Waals surface area (Å²) < 4.78 is 1.67. The zero-order valence-corrected chi connectivity index (χ0v) is 11.9. The van der Waals surface area contributed by atoms with Crippen LogP contribution in [0, 0.1) is 0 Å². The molecule has 106 valence electrons. The normalized spacial score (nSPS) is 18.9. The van der Waals surface area contributed by atoms with Crippen LogP contribution in [-0.2, 0) is 11.8 Å².